The van der Waals surface area contributed by atoms with Crippen LogP contribution in [0.3, 0.4) is 0 Å². The molecule has 7 nitrogen and oxygen atoms in total. The van der Waals surface area contributed by atoms with Gasteiger partial charge in [0, 0.05) is 13.1 Å². The Bertz CT molecular complexity index is 476. The fourth-order valence-corrected chi connectivity index (χ4v) is 1.89. The highest BCUT2D eigenvalue weighted by Crippen LogP contribution is 2.27. The summed E-state index contributed by atoms with van der Waals surface area (Å²) in [6.07, 6.45) is 2.00. The van der Waals surface area contributed by atoms with Gasteiger partial charge < -0.3 is 10.6 Å². The number of aryl methyl sites for hydroxylation is 1. The van der Waals surface area contributed by atoms with Gasteiger partial charge in [-0.25, -0.2) is 4.98 Å². The van der Waals surface area contributed by atoms with E-state index in [-0.39, 0.29) is 17.5 Å². The van der Waals surface area contributed by atoms with Crippen LogP contribution in [0, 0.1) is 23.0 Å². The van der Waals surface area contributed by atoms with Crippen LogP contribution in [0.5, 0.6) is 0 Å². The summed E-state index contributed by atoms with van der Waals surface area (Å²) in [5, 5.41) is 17.1. The first-order chi connectivity index (χ1) is 9.35. The number of rotatable bonds is 7. The standard InChI is InChI=1S/C13H23N5O2/c1-8(2)6-7-9(3)15-12-11(18(19)20)10(4)16-13(14-5)17-12/h8-9H,6-7H2,1-5H3,(H2,14,15,16,17). The van der Waals surface area contributed by atoms with Gasteiger partial charge in [0.25, 0.3) is 0 Å². The zero-order valence-corrected chi connectivity index (χ0v) is 12.7. The summed E-state index contributed by atoms with van der Waals surface area (Å²) in [6.45, 7) is 7.93. The molecule has 0 amide bonds. The van der Waals surface area contributed by atoms with Crippen molar-refractivity contribution in [2.24, 2.45) is 5.92 Å². The smallest absolute Gasteiger partial charge is 0.332 e. The van der Waals surface area contributed by atoms with Crippen molar-refractivity contribution in [2.75, 3.05) is 17.7 Å². The molecule has 0 fully saturated rings. The van der Waals surface area contributed by atoms with E-state index in [1.165, 1.54) is 0 Å². The van der Waals surface area contributed by atoms with Gasteiger partial charge in [0.2, 0.25) is 11.8 Å². The van der Waals surface area contributed by atoms with E-state index in [0.29, 0.717) is 17.6 Å². The van der Waals surface area contributed by atoms with Crippen LogP contribution in [-0.4, -0.2) is 28.0 Å². The highest BCUT2D eigenvalue weighted by Gasteiger charge is 2.22. The molecule has 0 bridgehead atoms. The van der Waals surface area contributed by atoms with Crippen molar-refractivity contribution in [3.63, 3.8) is 0 Å². The van der Waals surface area contributed by atoms with Crippen molar-refractivity contribution in [2.45, 2.75) is 46.6 Å². The normalized spacial score (nSPS) is 12.3. The van der Waals surface area contributed by atoms with E-state index in [0.717, 1.165) is 12.8 Å². The van der Waals surface area contributed by atoms with Gasteiger partial charge in [-0.2, -0.15) is 4.98 Å². The van der Waals surface area contributed by atoms with Gasteiger partial charge in [-0.15, -0.1) is 0 Å². The van der Waals surface area contributed by atoms with Gasteiger partial charge in [-0.05, 0) is 32.6 Å². The molecular formula is C13H23N5O2. The zero-order valence-electron chi connectivity index (χ0n) is 12.7. The Balaban J connectivity index is 2.96. The highest BCUT2D eigenvalue weighted by molar-refractivity contribution is 5.61. The van der Waals surface area contributed by atoms with E-state index >= 15 is 0 Å². The molecule has 0 radical (unpaired) electrons. The molecule has 1 rings (SSSR count). The highest BCUT2D eigenvalue weighted by atomic mass is 16.6. The van der Waals surface area contributed by atoms with Gasteiger partial charge in [-0.1, -0.05) is 13.8 Å². The van der Waals surface area contributed by atoms with E-state index in [4.69, 9.17) is 0 Å². The Morgan fingerprint density at radius 1 is 1.25 bits per heavy atom. The van der Waals surface area contributed by atoms with Crippen LogP contribution in [0.25, 0.3) is 0 Å². The summed E-state index contributed by atoms with van der Waals surface area (Å²) in [7, 11) is 1.69. The number of anilines is 2. The Labute approximate surface area is 119 Å². The van der Waals surface area contributed by atoms with Crippen LogP contribution in [0.15, 0.2) is 0 Å². The molecule has 1 heterocycles. The van der Waals surface area contributed by atoms with Crippen molar-refractivity contribution in [1.82, 2.24) is 9.97 Å². The van der Waals surface area contributed by atoms with E-state index in [2.05, 4.69) is 34.4 Å². The van der Waals surface area contributed by atoms with E-state index in [1.54, 1.807) is 14.0 Å². The Hall–Kier alpha value is -1.92. The third-order valence-corrected chi connectivity index (χ3v) is 3.02. The van der Waals surface area contributed by atoms with Crippen LogP contribution in [0.2, 0.25) is 0 Å². The number of nitrogens with zero attached hydrogens (tertiary/aromatic N) is 3. The van der Waals surface area contributed by atoms with Gasteiger partial charge in [0.15, 0.2) is 0 Å². The maximum Gasteiger partial charge on any atom is 0.332 e. The van der Waals surface area contributed by atoms with Crippen molar-refractivity contribution in [3.8, 4) is 0 Å². The molecule has 0 saturated carbocycles. The molecular weight excluding hydrogens is 258 g/mol. The molecule has 1 aromatic rings. The molecule has 0 aliphatic rings. The van der Waals surface area contributed by atoms with Crippen LogP contribution in [0.1, 0.15) is 39.3 Å². The van der Waals surface area contributed by atoms with Crippen LogP contribution < -0.4 is 10.6 Å². The van der Waals surface area contributed by atoms with Crippen molar-refractivity contribution in [3.05, 3.63) is 15.8 Å². The third-order valence-electron chi connectivity index (χ3n) is 3.02. The van der Waals surface area contributed by atoms with Gasteiger partial charge in [-0.3, -0.25) is 10.1 Å². The minimum Gasteiger partial charge on any atom is -0.362 e. The maximum atomic E-state index is 11.2. The lowest BCUT2D eigenvalue weighted by Gasteiger charge is -2.16. The number of nitrogens with one attached hydrogen (secondary N) is 2. The first kappa shape index (κ1) is 16.1. The quantitative estimate of drug-likeness (QED) is 0.589. The molecule has 2 N–H and O–H groups in total. The molecule has 1 unspecified atom stereocenters. The third kappa shape index (κ3) is 4.32. The molecule has 0 aliphatic heterocycles. The van der Waals surface area contributed by atoms with Gasteiger partial charge in [0.05, 0.1) is 4.92 Å². The van der Waals surface area contributed by atoms with Crippen LogP contribution in [-0.2, 0) is 0 Å². The fraction of sp³-hybridized carbons (Fsp3) is 0.692. The Morgan fingerprint density at radius 2 is 1.90 bits per heavy atom. The topological polar surface area (TPSA) is 93.0 Å². The second-order valence-corrected chi connectivity index (χ2v) is 5.35. The van der Waals surface area contributed by atoms with Gasteiger partial charge in [0.1, 0.15) is 5.69 Å². The summed E-state index contributed by atoms with van der Waals surface area (Å²) < 4.78 is 0. The Kier molecular flexibility index (Phi) is 5.66. The monoisotopic (exact) mass is 281 g/mol. The lowest BCUT2D eigenvalue weighted by molar-refractivity contribution is -0.385. The SMILES string of the molecule is CNc1nc(C)c([N+](=O)[O-])c(NC(C)CCC(C)C)n1. The summed E-state index contributed by atoms with van der Waals surface area (Å²) in [6, 6.07) is 0.120. The fourth-order valence-electron chi connectivity index (χ4n) is 1.89. The second-order valence-electron chi connectivity index (χ2n) is 5.35. The molecule has 0 aromatic carbocycles. The molecule has 20 heavy (non-hydrogen) atoms. The average molecular weight is 281 g/mol. The Morgan fingerprint density at radius 3 is 2.40 bits per heavy atom. The average Bonchev–Trinajstić information content (AvgIpc) is 2.35. The van der Waals surface area contributed by atoms with Crippen molar-refractivity contribution >= 4 is 17.5 Å². The molecule has 112 valence electrons. The summed E-state index contributed by atoms with van der Waals surface area (Å²) in [5.41, 5.74) is 0.299. The number of aromatic nitrogens is 2. The summed E-state index contributed by atoms with van der Waals surface area (Å²) in [5.74, 6) is 1.27. The first-order valence-corrected chi connectivity index (χ1v) is 6.82. The zero-order chi connectivity index (χ0) is 15.3. The first-order valence-electron chi connectivity index (χ1n) is 6.82. The molecule has 1 atom stereocenters. The summed E-state index contributed by atoms with van der Waals surface area (Å²) >= 11 is 0. The molecule has 7 heteroatoms. The summed E-state index contributed by atoms with van der Waals surface area (Å²) in [4.78, 5) is 18.9. The van der Waals surface area contributed by atoms with Gasteiger partial charge >= 0.3 is 5.69 Å². The largest absolute Gasteiger partial charge is 0.362 e. The second kappa shape index (κ2) is 7.02. The van der Waals surface area contributed by atoms with E-state index < -0.39 is 4.92 Å². The van der Waals surface area contributed by atoms with E-state index in [9.17, 15) is 10.1 Å². The number of hydrogen-bond donors (Lipinski definition) is 2. The minimum atomic E-state index is -0.438. The molecule has 1 aromatic heterocycles. The van der Waals surface area contributed by atoms with Crippen molar-refractivity contribution < 1.29 is 4.92 Å². The van der Waals surface area contributed by atoms with E-state index in [1.807, 2.05) is 6.92 Å². The minimum absolute atomic E-state index is 0.0552. The number of nitro groups is 1. The maximum absolute atomic E-state index is 11.2. The van der Waals surface area contributed by atoms with Crippen LogP contribution >= 0.6 is 0 Å². The predicted octanol–water partition coefficient (Wildman–Crippen LogP) is 2.97. The molecule has 0 saturated heterocycles. The predicted molar refractivity (Wildman–Crippen MR) is 80.1 cm³/mol. The van der Waals surface area contributed by atoms with Crippen LogP contribution in [0.4, 0.5) is 17.5 Å². The lowest BCUT2D eigenvalue weighted by atomic mass is 10.0. The molecule has 0 aliphatic carbocycles. The number of hydrogen-bond acceptors (Lipinski definition) is 6. The van der Waals surface area contributed by atoms with Crippen molar-refractivity contribution in [1.29, 1.82) is 0 Å². The molecule has 0 spiro atoms. The lowest BCUT2D eigenvalue weighted by Crippen LogP contribution is -2.19.